The molecule has 0 spiro atoms. The molecule has 1 fully saturated rings. The van der Waals surface area contributed by atoms with Crippen molar-refractivity contribution in [3.05, 3.63) is 29.3 Å². The van der Waals surface area contributed by atoms with E-state index in [9.17, 15) is 9.90 Å². The molecule has 17 heavy (non-hydrogen) atoms. The second-order valence-electron chi connectivity index (χ2n) is 4.97. The first-order valence-corrected chi connectivity index (χ1v) is 6.17. The van der Waals surface area contributed by atoms with Gasteiger partial charge in [0.25, 0.3) is 0 Å². The van der Waals surface area contributed by atoms with E-state index < -0.39 is 5.97 Å². The third-order valence-corrected chi connectivity index (χ3v) is 3.44. The van der Waals surface area contributed by atoms with E-state index in [0.29, 0.717) is 11.5 Å². The molecule has 1 aromatic rings. The third kappa shape index (κ3) is 2.43. The Kier molecular flexibility index (Phi) is 3.36. The molecule has 1 heterocycles. The summed E-state index contributed by atoms with van der Waals surface area (Å²) in [6.07, 6.45) is 2.39. The first-order chi connectivity index (χ1) is 8.09. The number of hydrogen-bond donors (Lipinski definition) is 1. The lowest BCUT2D eigenvalue weighted by molar-refractivity contribution is 0.0697. The highest BCUT2D eigenvalue weighted by molar-refractivity contribution is 5.95. The van der Waals surface area contributed by atoms with Crippen LogP contribution < -0.4 is 4.90 Å². The molecular formula is C14H19NO2. The number of nitrogens with zero attached hydrogens (tertiary/aromatic N) is 1. The largest absolute Gasteiger partial charge is 0.478 e. The summed E-state index contributed by atoms with van der Waals surface area (Å²) in [5.41, 5.74) is 2.39. The number of aryl methyl sites for hydroxylation is 1. The lowest BCUT2D eigenvalue weighted by Gasteiger charge is -2.34. The van der Waals surface area contributed by atoms with Gasteiger partial charge in [0.05, 0.1) is 11.3 Å². The fourth-order valence-corrected chi connectivity index (χ4v) is 2.64. The second kappa shape index (κ2) is 4.78. The van der Waals surface area contributed by atoms with Crippen molar-refractivity contribution in [1.29, 1.82) is 0 Å². The molecule has 1 unspecified atom stereocenters. The summed E-state index contributed by atoms with van der Waals surface area (Å²) in [6, 6.07) is 5.50. The van der Waals surface area contributed by atoms with Gasteiger partial charge >= 0.3 is 5.97 Å². The van der Waals surface area contributed by atoms with Crippen LogP contribution >= 0.6 is 0 Å². The van der Waals surface area contributed by atoms with E-state index in [1.54, 1.807) is 6.07 Å². The zero-order valence-electron chi connectivity index (χ0n) is 10.4. The van der Waals surface area contributed by atoms with E-state index in [1.165, 1.54) is 6.42 Å². The minimum absolute atomic E-state index is 0.430. The minimum Gasteiger partial charge on any atom is -0.478 e. The van der Waals surface area contributed by atoms with Gasteiger partial charge in [-0.1, -0.05) is 19.1 Å². The molecular weight excluding hydrogens is 214 g/mol. The molecule has 0 amide bonds. The number of rotatable bonds is 2. The Bertz CT molecular complexity index is 428. The minimum atomic E-state index is -0.832. The van der Waals surface area contributed by atoms with Gasteiger partial charge in [0.1, 0.15) is 0 Å². The lowest BCUT2D eigenvalue weighted by Crippen LogP contribution is -2.35. The maximum Gasteiger partial charge on any atom is 0.337 e. The van der Waals surface area contributed by atoms with Gasteiger partial charge in [0.2, 0.25) is 0 Å². The van der Waals surface area contributed by atoms with Crippen molar-refractivity contribution in [2.24, 2.45) is 5.92 Å². The van der Waals surface area contributed by atoms with E-state index in [0.717, 1.165) is 30.8 Å². The average Bonchev–Trinajstić information content (AvgIpc) is 2.28. The van der Waals surface area contributed by atoms with Crippen LogP contribution in [0.1, 0.15) is 35.7 Å². The van der Waals surface area contributed by atoms with Crippen molar-refractivity contribution in [1.82, 2.24) is 0 Å². The number of carbonyl (C=O) groups is 1. The topological polar surface area (TPSA) is 40.5 Å². The number of aromatic carboxylic acids is 1. The molecule has 0 saturated carbocycles. The van der Waals surface area contributed by atoms with E-state index in [4.69, 9.17) is 0 Å². The van der Waals surface area contributed by atoms with E-state index >= 15 is 0 Å². The van der Waals surface area contributed by atoms with Crippen LogP contribution in [0.15, 0.2) is 18.2 Å². The predicted molar refractivity (Wildman–Crippen MR) is 68.7 cm³/mol. The van der Waals surface area contributed by atoms with E-state index in [-0.39, 0.29) is 0 Å². The third-order valence-electron chi connectivity index (χ3n) is 3.44. The average molecular weight is 233 g/mol. The lowest BCUT2D eigenvalue weighted by atomic mass is 9.97. The fourth-order valence-electron chi connectivity index (χ4n) is 2.64. The Morgan fingerprint density at radius 3 is 2.88 bits per heavy atom. The van der Waals surface area contributed by atoms with Crippen molar-refractivity contribution in [2.75, 3.05) is 18.0 Å². The van der Waals surface area contributed by atoms with Gasteiger partial charge in [0.15, 0.2) is 0 Å². The first-order valence-electron chi connectivity index (χ1n) is 6.17. The van der Waals surface area contributed by atoms with Gasteiger partial charge in [-0.15, -0.1) is 0 Å². The molecule has 1 aliphatic rings. The predicted octanol–water partition coefficient (Wildman–Crippen LogP) is 2.93. The standard InChI is InChI=1S/C14H19NO2/c1-10-5-4-8-15(9-10)13-11(2)6-3-7-12(13)14(16)17/h3,6-7,10H,4-5,8-9H2,1-2H3,(H,16,17). The molecule has 0 aliphatic carbocycles. The van der Waals surface area contributed by atoms with Crippen LogP contribution in [0.25, 0.3) is 0 Å². The molecule has 1 aromatic carbocycles. The summed E-state index contributed by atoms with van der Waals surface area (Å²) in [5, 5.41) is 9.26. The zero-order valence-corrected chi connectivity index (χ0v) is 10.4. The van der Waals surface area contributed by atoms with Crippen LogP contribution in [0, 0.1) is 12.8 Å². The maximum absolute atomic E-state index is 11.3. The molecule has 3 nitrogen and oxygen atoms in total. The van der Waals surface area contributed by atoms with Crippen molar-refractivity contribution >= 4 is 11.7 Å². The van der Waals surface area contributed by atoms with E-state index in [1.807, 2.05) is 19.1 Å². The first kappa shape index (κ1) is 12.0. The van der Waals surface area contributed by atoms with Gasteiger partial charge in [0, 0.05) is 13.1 Å². The SMILES string of the molecule is Cc1cccc(C(=O)O)c1N1CCCC(C)C1. The van der Waals surface area contributed by atoms with Crippen LogP contribution in [0.3, 0.4) is 0 Å². The molecule has 0 radical (unpaired) electrons. The number of hydrogen-bond acceptors (Lipinski definition) is 2. The molecule has 1 saturated heterocycles. The Morgan fingerprint density at radius 1 is 1.47 bits per heavy atom. The van der Waals surface area contributed by atoms with Gasteiger partial charge in [-0.05, 0) is 37.3 Å². The van der Waals surface area contributed by atoms with Gasteiger partial charge in [-0.25, -0.2) is 4.79 Å². The van der Waals surface area contributed by atoms with Crippen molar-refractivity contribution in [3.8, 4) is 0 Å². The number of benzene rings is 1. The molecule has 92 valence electrons. The van der Waals surface area contributed by atoms with Crippen molar-refractivity contribution < 1.29 is 9.90 Å². The number of carboxylic acid groups (broad SMARTS) is 1. The summed E-state index contributed by atoms with van der Waals surface area (Å²) in [4.78, 5) is 13.5. The Labute approximate surface area is 102 Å². The summed E-state index contributed by atoms with van der Waals surface area (Å²) in [5.74, 6) is -0.188. The Hall–Kier alpha value is -1.51. The van der Waals surface area contributed by atoms with Crippen LogP contribution in [0.2, 0.25) is 0 Å². The number of anilines is 1. The number of carboxylic acids is 1. The highest BCUT2D eigenvalue weighted by Gasteiger charge is 2.22. The van der Waals surface area contributed by atoms with Gasteiger partial charge in [-0.2, -0.15) is 0 Å². The van der Waals surface area contributed by atoms with Crippen LogP contribution in [-0.4, -0.2) is 24.2 Å². The Morgan fingerprint density at radius 2 is 2.24 bits per heavy atom. The van der Waals surface area contributed by atoms with Crippen molar-refractivity contribution in [3.63, 3.8) is 0 Å². The van der Waals surface area contributed by atoms with Gasteiger partial charge < -0.3 is 10.0 Å². The Balaban J connectivity index is 2.39. The number of para-hydroxylation sites is 1. The molecule has 1 N–H and O–H groups in total. The zero-order chi connectivity index (χ0) is 12.4. The highest BCUT2D eigenvalue weighted by atomic mass is 16.4. The summed E-state index contributed by atoms with van der Waals surface area (Å²) in [6.45, 7) is 6.15. The molecule has 1 atom stereocenters. The summed E-state index contributed by atoms with van der Waals surface area (Å²) in [7, 11) is 0. The maximum atomic E-state index is 11.3. The van der Waals surface area contributed by atoms with E-state index in [2.05, 4.69) is 11.8 Å². The van der Waals surface area contributed by atoms with Crippen LogP contribution in [0.4, 0.5) is 5.69 Å². The number of piperidine rings is 1. The summed E-state index contributed by atoms with van der Waals surface area (Å²) >= 11 is 0. The molecule has 0 aromatic heterocycles. The van der Waals surface area contributed by atoms with Crippen LogP contribution in [0.5, 0.6) is 0 Å². The van der Waals surface area contributed by atoms with Crippen LogP contribution in [-0.2, 0) is 0 Å². The fraction of sp³-hybridized carbons (Fsp3) is 0.500. The normalized spacial score (nSPS) is 20.4. The molecule has 0 bridgehead atoms. The van der Waals surface area contributed by atoms with Crippen molar-refractivity contribution in [2.45, 2.75) is 26.7 Å². The smallest absolute Gasteiger partial charge is 0.337 e. The molecule has 1 aliphatic heterocycles. The van der Waals surface area contributed by atoms with Gasteiger partial charge in [-0.3, -0.25) is 0 Å². The summed E-state index contributed by atoms with van der Waals surface area (Å²) < 4.78 is 0. The molecule has 3 heteroatoms. The molecule has 2 rings (SSSR count). The quantitative estimate of drug-likeness (QED) is 0.853. The highest BCUT2D eigenvalue weighted by Crippen LogP contribution is 2.29. The second-order valence-corrected chi connectivity index (χ2v) is 4.97. The monoisotopic (exact) mass is 233 g/mol.